The van der Waals surface area contributed by atoms with Gasteiger partial charge in [0, 0.05) is 17.5 Å². The summed E-state index contributed by atoms with van der Waals surface area (Å²) in [7, 11) is 0. The molecule has 14 heavy (non-hydrogen) atoms. The van der Waals surface area contributed by atoms with E-state index in [0.717, 1.165) is 12.2 Å². The van der Waals surface area contributed by atoms with E-state index >= 15 is 0 Å². The third-order valence-corrected chi connectivity index (χ3v) is 3.24. The minimum Gasteiger partial charge on any atom is -0.308 e. The Balaban J connectivity index is 2.48. The maximum Gasteiger partial charge on any atom is 0.0798 e. The average molecular weight is 209 g/mol. The molecular formula is C10H15N3S. The van der Waals surface area contributed by atoms with Crippen molar-refractivity contribution in [2.24, 2.45) is 5.92 Å². The van der Waals surface area contributed by atoms with E-state index in [9.17, 15) is 0 Å². The predicted octanol–water partition coefficient (Wildman–Crippen LogP) is 2.26. The fourth-order valence-electron chi connectivity index (χ4n) is 1.22. The van der Waals surface area contributed by atoms with Crippen LogP contribution in [0.25, 0.3) is 0 Å². The van der Waals surface area contributed by atoms with E-state index in [1.165, 1.54) is 4.88 Å². The second kappa shape index (κ2) is 5.08. The molecule has 0 saturated heterocycles. The summed E-state index contributed by atoms with van der Waals surface area (Å²) < 4.78 is 0. The highest BCUT2D eigenvalue weighted by Gasteiger charge is 2.11. The first-order valence-electron chi connectivity index (χ1n) is 4.68. The Morgan fingerprint density at radius 3 is 2.86 bits per heavy atom. The summed E-state index contributed by atoms with van der Waals surface area (Å²) in [5, 5.41) is 12.0. The van der Waals surface area contributed by atoms with Crippen LogP contribution in [0.5, 0.6) is 0 Å². The molecule has 0 saturated carbocycles. The summed E-state index contributed by atoms with van der Waals surface area (Å²) in [5.74, 6) is 0.0608. The molecule has 2 unspecified atom stereocenters. The zero-order valence-electron chi connectivity index (χ0n) is 8.74. The molecule has 0 spiro atoms. The highest BCUT2D eigenvalue weighted by atomic mass is 32.1. The van der Waals surface area contributed by atoms with Crippen molar-refractivity contribution in [1.82, 2.24) is 10.3 Å². The first kappa shape index (κ1) is 11.2. The predicted molar refractivity (Wildman–Crippen MR) is 58.0 cm³/mol. The van der Waals surface area contributed by atoms with Crippen molar-refractivity contribution in [3.8, 4) is 6.07 Å². The van der Waals surface area contributed by atoms with Crippen molar-refractivity contribution in [3.05, 3.63) is 16.1 Å². The third-order valence-electron chi connectivity index (χ3n) is 2.13. The van der Waals surface area contributed by atoms with E-state index in [0.29, 0.717) is 6.04 Å². The second-order valence-electron chi connectivity index (χ2n) is 3.46. The van der Waals surface area contributed by atoms with E-state index in [-0.39, 0.29) is 5.92 Å². The number of aromatic nitrogens is 1. The van der Waals surface area contributed by atoms with E-state index in [1.807, 2.05) is 19.4 Å². The number of nitrogens with zero attached hydrogens (tertiary/aromatic N) is 2. The Bertz CT molecular complexity index is 326. The molecule has 1 rings (SSSR count). The van der Waals surface area contributed by atoms with E-state index in [4.69, 9.17) is 5.26 Å². The smallest absolute Gasteiger partial charge is 0.0798 e. The zero-order valence-corrected chi connectivity index (χ0v) is 9.56. The maximum absolute atomic E-state index is 8.63. The molecule has 1 N–H and O–H groups in total. The second-order valence-corrected chi connectivity index (χ2v) is 4.35. The maximum atomic E-state index is 8.63. The van der Waals surface area contributed by atoms with Gasteiger partial charge >= 0.3 is 0 Å². The molecular weight excluding hydrogens is 194 g/mol. The molecule has 1 heterocycles. The quantitative estimate of drug-likeness (QED) is 0.827. The molecule has 0 aliphatic heterocycles. The van der Waals surface area contributed by atoms with Gasteiger partial charge in [0.1, 0.15) is 0 Å². The number of nitrogens with one attached hydrogen (secondary N) is 1. The SMILES string of the molecule is Cc1ncsc1C(C)NCC(C)C#N. The van der Waals surface area contributed by atoms with E-state index in [2.05, 4.69) is 23.3 Å². The molecule has 2 atom stereocenters. The van der Waals surface area contributed by atoms with Crippen LogP contribution < -0.4 is 5.32 Å². The van der Waals surface area contributed by atoms with Crippen LogP contribution in [0.15, 0.2) is 5.51 Å². The van der Waals surface area contributed by atoms with Crippen molar-refractivity contribution in [1.29, 1.82) is 5.26 Å². The van der Waals surface area contributed by atoms with Gasteiger partial charge in [-0.3, -0.25) is 0 Å². The Morgan fingerprint density at radius 1 is 1.64 bits per heavy atom. The molecule has 0 aliphatic rings. The largest absolute Gasteiger partial charge is 0.308 e. The summed E-state index contributed by atoms with van der Waals surface area (Å²) in [5.41, 5.74) is 2.94. The molecule has 0 amide bonds. The number of thiazole rings is 1. The lowest BCUT2D eigenvalue weighted by molar-refractivity contribution is 0.531. The Hall–Kier alpha value is -0.920. The lowest BCUT2D eigenvalue weighted by atomic mass is 10.2. The lowest BCUT2D eigenvalue weighted by Gasteiger charge is -2.13. The van der Waals surface area contributed by atoms with Crippen LogP contribution in [0.3, 0.4) is 0 Å². The Labute approximate surface area is 88.8 Å². The van der Waals surface area contributed by atoms with Crippen molar-refractivity contribution in [2.75, 3.05) is 6.54 Å². The minimum atomic E-state index is 0.0608. The molecule has 0 bridgehead atoms. The van der Waals surface area contributed by atoms with Crippen LogP contribution in [0, 0.1) is 24.2 Å². The molecule has 1 aromatic heterocycles. The first-order chi connectivity index (χ1) is 6.65. The van der Waals surface area contributed by atoms with Gasteiger partial charge in [-0.15, -0.1) is 11.3 Å². The minimum absolute atomic E-state index is 0.0608. The molecule has 0 fully saturated rings. The number of aryl methyl sites for hydroxylation is 1. The molecule has 0 aliphatic carbocycles. The highest BCUT2D eigenvalue weighted by Crippen LogP contribution is 2.20. The molecule has 4 heteroatoms. The summed E-state index contributed by atoms with van der Waals surface area (Å²) in [6, 6.07) is 2.50. The zero-order chi connectivity index (χ0) is 10.6. The van der Waals surface area contributed by atoms with Gasteiger partial charge in [-0.05, 0) is 20.8 Å². The van der Waals surface area contributed by atoms with Crippen molar-refractivity contribution >= 4 is 11.3 Å². The molecule has 3 nitrogen and oxygen atoms in total. The number of hydrogen-bond acceptors (Lipinski definition) is 4. The summed E-state index contributed by atoms with van der Waals surface area (Å²) in [4.78, 5) is 5.46. The van der Waals surface area contributed by atoms with Crippen LogP contribution in [0.2, 0.25) is 0 Å². The fourth-order valence-corrected chi connectivity index (χ4v) is 2.05. The van der Waals surface area contributed by atoms with Gasteiger partial charge in [-0.25, -0.2) is 4.98 Å². The molecule has 0 aromatic carbocycles. The van der Waals surface area contributed by atoms with Crippen molar-refractivity contribution < 1.29 is 0 Å². The van der Waals surface area contributed by atoms with Crippen molar-refractivity contribution in [2.45, 2.75) is 26.8 Å². The Morgan fingerprint density at radius 2 is 2.36 bits per heavy atom. The van der Waals surface area contributed by atoms with Gasteiger partial charge in [0.25, 0.3) is 0 Å². The van der Waals surface area contributed by atoms with E-state index in [1.54, 1.807) is 11.3 Å². The van der Waals surface area contributed by atoms with Gasteiger partial charge in [0.15, 0.2) is 0 Å². The van der Waals surface area contributed by atoms with E-state index < -0.39 is 0 Å². The first-order valence-corrected chi connectivity index (χ1v) is 5.56. The monoisotopic (exact) mass is 209 g/mol. The number of rotatable bonds is 4. The van der Waals surface area contributed by atoms with Gasteiger partial charge in [0.2, 0.25) is 0 Å². The molecule has 0 radical (unpaired) electrons. The molecule has 76 valence electrons. The van der Waals surface area contributed by atoms with Crippen LogP contribution in [-0.4, -0.2) is 11.5 Å². The Kier molecular flexibility index (Phi) is 4.05. The van der Waals surface area contributed by atoms with Crippen LogP contribution in [0.4, 0.5) is 0 Å². The molecule has 1 aromatic rings. The van der Waals surface area contributed by atoms with Crippen LogP contribution >= 0.6 is 11.3 Å². The van der Waals surface area contributed by atoms with Gasteiger partial charge in [-0.2, -0.15) is 5.26 Å². The van der Waals surface area contributed by atoms with Gasteiger partial charge < -0.3 is 5.32 Å². The van der Waals surface area contributed by atoms with Gasteiger partial charge in [0.05, 0.1) is 23.2 Å². The topological polar surface area (TPSA) is 48.7 Å². The summed E-state index contributed by atoms with van der Waals surface area (Å²) in [6.45, 7) is 6.76. The van der Waals surface area contributed by atoms with Crippen LogP contribution in [0.1, 0.15) is 30.5 Å². The van der Waals surface area contributed by atoms with Crippen LogP contribution in [-0.2, 0) is 0 Å². The standard InChI is InChI=1S/C10H15N3S/c1-7(4-11)5-12-8(2)10-9(3)13-6-14-10/h6-8,12H,5H2,1-3H3. The van der Waals surface area contributed by atoms with Gasteiger partial charge in [-0.1, -0.05) is 0 Å². The lowest BCUT2D eigenvalue weighted by Crippen LogP contribution is -2.23. The number of nitriles is 1. The van der Waals surface area contributed by atoms with Crippen molar-refractivity contribution in [3.63, 3.8) is 0 Å². The summed E-state index contributed by atoms with van der Waals surface area (Å²) >= 11 is 1.66. The average Bonchev–Trinajstić information content (AvgIpc) is 2.60. The fraction of sp³-hybridized carbons (Fsp3) is 0.600. The number of hydrogen-bond donors (Lipinski definition) is 1. The highest BCUT2D eigenvalue weighted by molar-refractivity contribution is 7.09. The third kappa shape index (κ3) is 2.79. The summed E-state index contributed by atoms with van der Waals surface area (Å²) in [6.07, 6.45) is 0. The normalized spacial score (nSPS) is 14.7.